The number of H-pyrrole nitrogens is 1. The maximum Gasteiger partial charge on any atom is 0.184 e. The van der Waals surface area contributed by atoms with E-state index in [0.717, 1.165) is 0 Å². The van der Waals surface area contributed by atoms with Crippen molar-refractivity contribution in [1.29, 1.82) is 0 Å². The first-order valence-corrected chi connectivity index (χ1v) is 4.27. The van der Waals surface area contributed by atoms with Crippen molar-refractivity contribution in [3.05, 3.63) is 12.4 Å². The quantitative estimate of drug-likeness (QED) is 0.345. The highest BCUT2D eigenvalue weighted by atomic mass is 16.6. The molecule has 8 nitrogen and oxygen atoms in total. The number of aromatic nitrogens is 3. The van der Waals surface area contributed by atoms with Gasteiger partial charge in [0, 0.05) is 0 Å². The molecule has 15 heavy (non-hydrogen) atoms. The first kappa shape index (κ1) is 12.0. The Balaban J connectivity index is 0.000000187. The van der Waals surface area contributed by atoms with Crippen molar-refractivity contribution < 1.29 is 25.2 Å². The molecule has 0 saturated carbocycles. The summed E-state index contributed by atoms with van der Waals surface area (Å²) in [5.74, 6) is 0. The number of aromatic amines is 1. The van der Waals surface area contributed by atoms with E-state index in [1.807, 2.05) is 0 Å². The van der Waals surface area contributed by atoms with E-state index in [1.165, 1.54) is 0 Å². The van der Waals surface area contributed by atoms with Crippen LogP contribution in [-0.4, -0.2) is 67.0 Å². The zero-order valence-corrected chi connectivity index (χ0v) is 7.76. The standard InChI is InChI=1S/C5H10O5.C2H3N3/c6-1-2-3(7)4(8)5(9)10-2;1-2-4-5-3-1/h2-9H,1H2;1-2H,(H,3,4,5)/t2-,3-,4-,5?;/m0./s1. The van der Waals surface area contributed by atoms with Crippen LogP contribution in [0.3, 0.4) is 0 Å². The number of hydrogen-bond acceptors (Lipinski definition) is 7. The Hall–Kier alpha value is -1.06. The molecule has 2 rings (SSSR count). The van der Waals surface area contributed by atoms with Crippen LogP contribution in [0.15, 0.2) is 12.4 Å². The first-order valence-electron chi connectivity index (χ1n) is 4.27. The van der Waals surface area contributed by atoms with Crippen molar-refractivity contribution in [3.63, 3.8) is 0 Å². The fourth-order valence-electron chi connectivity index (χ4n) is 1.05. The van der Waals surface area contributed by atoms with E-state index >= 15 is 0 Å². The highest BCUT2D eigenvalue weighted by Crippen LogP contribution is 2.18. The van der Waals surface area contributed by atoms with E-state index in [0.29, 0.717) is 0 Å². The number of nitrogens with zero attached hydrogens (tertiary/aromatic N) is 2. The summed E-state index contributed by atoms with van der Waals surface area (Å²) in [6, 6.07) is 0. The highest BCUT2D eigenvalue weighted by Gasteiger charge is 2.41. The third-order valence-corrected chi connectivity index (χ3v) is 1.85. The van der Waals surface area contributed by atoms with Crippen molar-refractivity contribution in [3.8, 4) is 0 Å². The van der Waals surface area contributed by atoms with Crippen LogP contribution in [-0.2, 0) is 4.74 Å². The molecule has 1 aromatic heterocycles. The van der Waals surface area contributed by atoms with E-state index in [4.69, 9.17) is 20.4 Å². The predicted molar refractivity (Wildman–Crippen MR) is 46.4 cm³/mol. The summed E-state index contributed by atoms with van der Waals surface area (Å²) in [6.45, 7) is -0.407. The maximum absolute atomic E-state index is 8.93. The summed E-state index contributed by atoms with van der Waals surface area (Å²) in [5, 5.41) is 44.3. The second kappa shape index (κ2) is 5.73. The van der Waals surface area contributed by atoms with Crippen molar-refractivity contribution in [1.82, 2.24) is 15.4 Å². The van der Waals surface area contributed by atoms with E-state index < -0.39 is 31.2 Å². The van der Waals surface area contributed by atoms with Gasteiger partial charge in [0.2, 0.25) is 0 Å². The van der Waals surface area contributed by atoms with E-state index in [9.17, 15) is 0 Å². The van der Waals surface area contributed by atoms with Crippen LogP contribution in [0.4, 0.5) is 0 Å². The van der Waals surface area contributed by atoms with Gasteiger partial charge in [-0.05, 0) is 0 Å². The van der Waals surface area contributed by atoms with Crippen LogP contribution in [0.5, 0.6) is 0 Å². The molecular weight excluding hydrogens is 206 g/mol. The Morgan fingerprint density at radius 1 is 1.13 bits per heavy atom. The molecule has 1 unspecified atom stereocenters. The van der Waals surface area contributed by atoms with Crippen LogP contribution in [0.25, 0.3) is 0 Å². The normalized spacial score (nSPS) is 34.7. The van der Waals surface area contributed by atoms with Gasteiger partial charge in [0.1, 0.15) is 18.3 Å². The molecule has 86 valence electrons. The molecule has 0 spiro atoms. The third-order valence-electron chi connectivity index (χ3n) is 1.85. The summed E-state index contributed by atoms with van der Waals surface area (Å²) >= 11 is 0. The van der Waals surface area contributed by atoms with Gasteiger partial charge in [0.05, 0.1) is 19.0 Å². The minimum absolute atomic E-state index is 0.407. The SMILES string of the molecule is OC[C@@H]1OC(O)[C@@H](O)[C@H]1O.c1cn[nH]n1. The molecule has 1 aromatic rings. The molecule has 0 bridgehead atoms. The third kappa shape index (κ3) is 3.22. The lowest BCUT2D eigenvalue weighted by Gasteiger charge is -2.09. The average Bonchev–Trinajstić information content (AvgIpc) is 2.87. The number of rotatable bonds is 1. The second-order valence-electron chi connectivity index (χ2n) is 2.89. The summed E-state index contributed by atoms with van der Waals surface area (Å²) in [4.78, 5) is 0. The van der Waals surface area contributed by atoms with Crippen molar-refractivity contribution in [2.45, 2.75) is 24.6 Å². The smallest absolute Gasteiger partial charge is 0.184 e. The minimum Gasteiger partial charge on any atom is -0.394 e. The summed E-state index contributed by atoms with van der Waals surface area (Å²) < 4.78 is 4.54. The Morgan fingerprint density at radius 3 is 1.93 bits per heavy atom. The Kier molecular flexibility index (Phi) is 4.59. The molecule has 1 saturated heterocycles. The lowest BCUT2D eigenvalue weighted by atomic mass is 10.1. The van der Waals surface area contributed by atoms with Gasteiger partial charge in [0.15, 0.2) is 6.29 Å². The molecule has 2 heterocycles. The van der Waals surface area contributed by atoms with Gasteiger partial charge in [-0.3, -0.25) is 0 Å². The van der Waals surface area contributed by atoms with Crippen LogP contribution in [0.2, 0.25) is 0 Å². The summed E-state index contributed by atoms with van der Waals surface area (Å²) in [6.07, 6.45) is -1.59. The van der Waals surface area contributed by atoms with E-state index in [2.05, 4.69) is 20.1 Å². The summed E-state index contributed by atoms with van der Waals surface area (Å²) in [5.41, 5.74) is 0. The molecule has 1 aliphatic heterocycles. The maximum atomic E-state index is 8.93. The first-order chi connectivity index (χ1) is 7.16. The largest absolute Gasteiger partial charge is 0.394 e. The van der Waals surface area contributed by atoms with Gasteiger partial charge >= 0.3 is 0 Å². The Morgan fingerprint density at radius 2 is 1.73 bits per heavy atom. The molecule has 0 aromatic carbocycles. The van der Waals surface area contributed by atoms with E-state index in [1.54, 1.807) is 12.4 Å². The van der Waals surface area contributed by atoms with E-state index in [-0.39, 0.29) is 0 Å². The molecule has 4 atom stereocenters. The summed E-state index contributed by atoms with van der Waals surface area (Å²) in [7, 11) is 0. The van der Waals surface area contributed by atoms with Crippen molar-refractivity contribution in [2.24, 2.45) is 0 Å². The monoisotopic (exact) mass is 219 g/mol. The fourth-order valence-corrected chi connectivity index (χ4v) is 1.05. The van der Waals surface area contributed by atoms with Crippen LogP contribution in [0, 0.1) is 0 Å². The fraction of sp³-hybridized carbons (Fsp3) is 0.714. The number of ether oxygens (including phenoxy) is 1. The van der Waals surface area contributed by atoms with Crippen molar-refractivity contribution in [2.75, 3.05) is 6.61 Å². The molecule has 0 aliphatic carbocycles. The lowest BCUT2D eigenvalue weighted by molar-refractivity contribution is -0.132. The molecule has 1 fully saturated rings. The molecule has 0 amide bonds. The van der Waals surface area contributed by atoms with Gasteiger partial charge in [-0.15, -0.1) is 0 Å². The number of aliphatic hydroxyl groups excluding tert-OH is 4. The molecular formula is C7H13N3O5. The zero-order valence-electron chi connectivity index (χ0n) is 7.76. The zero-order chi connectivity index (χ0) is 11.3. The number of nitrogens with one attached hydrogen (secondary N) is 1. The van der Waals surface area contributed by atoms with Crippen LogP contribution >= 0.6 is 0 Å². The predicted octanol–water partition coefficient (Wildman–Crippen LogP) is -2.78. The number of aliphatic hydroxyl groups is 4. The van der Waals surface area contributed by atoms with Gasteiger partial charge in [0.25, 0.3) is 0 Å². The van der Waals surface area contributed by atoms with Crippen LogP contribution in [0.1, 0.15) is 0 Å². The molecule has 8 heteroatoms. The topological polar surface area (TPSA) is 132 Å². The average molecular weight is 219 g/mol. The second-order valence-corrected chi connectivity index (χ2v) is 2.89. The number of hydrogen-bond donors (Lipinski definition) is 5. The van der Waals surface area contributed by atoms with Gasteiger partial charge in [-0.2, -0.15) is 15.4 Å². The minimum atomic E-state index is -1.38. The van der Waals surface area contributed by atoms with Crippen molar-refractivity contribution >= 4 is 0 Å². The van der Waals surface area contributed by atoms with Gasteiger partial charge in [-0.1, -0.05) is 0 Å². The van der Waals surface area contributed by atoms with Crippen LogP contribution < -0.4 is 0 Å². The molecule has 1 aliphatic rings. The highest BCUT2D eigenvalue weighted by molar-refractivity contribution is 4.84. The molecule has 5 N–H and O–H groups in total. The Labute approximate surface area is 85.1 Å². The van der Waals surface area contributed by atoms with Gasteiger partial charge < -0.3 is 25.2 Å². The van der Waals surface area contributed by atoms with Gasteiger partial charge in [-0.25, -0.2) is 0 Å². The lowest BCUT2D eigenvalue weighted by Crippen LogP contribution is -2.33. The molecule has 0 radical (unpaired) electrons. The Bertz CT molecular complexity index is 240.